The van der Waals surface area contributed by atoms with Crippen LogP contribution in [0.5, 0.6) is 0 Å². The average molecular weight is 158 g/mol. The highest BCUT2D eigenvalue weighted by Gasteiger charge is 2.26. The first-order chi connectivity index (χ1) is 5.25. The molecule has 2 unspecified atom stereocenters. The van der Waals surface area contributed by atoms with Gasteiger partial charge in [0.25, 0.3) is 0 Å². The number of hydrogen-bond donors (Lipinski definition) is 3. The van der Waals surface area contributed by atoms with Gasteiger partial charge in [-0.2, -0.15) is 0 Å². The van der Waals surface area contributed by atoms with E-state index in [1.807, 2.05) is 0 Å². The molecule has 0 amide bonds. The third-order valence-electron chi connectivity index (χ3n) is 1.77. The molecule has 0 spiro atoms. The third-order valence-corrected chi connectivity index (χ3v) is 1.77. The summed E-state index contributed by atoms with van der Waals surface area (Å²) in [5.74, 6) is 0. The summed E-state index contributed by atoms with van der Waals surface area (Å²) in [5, 5.41) is 21.2. The van der Waals surface area contributed by atoms with E-state index < -0.39 is 12.5 Å². The van der Waals surface area contributed by atoms with Gasteiger partial charge in [-0.05, 0) is 0 Å². The van der Waals surface area contributed by atoms with Crippen LogP contribution in [0.4, 0.5) is 0 Å². The molecule has 0 bridgehead atoms. The van der Waals surface area contributed by atoms with Gasteiger partial charge >= 0.3 is 0 Å². The molecule has 3 N–H and O–H groups in total. The second-order valence-electron chi connectivity index (χ2n) is 2.60. The molecule has 0 aliphatic carbocycles. The predicted octanol–water partition coefficient (Wildman–Crippen LogP) is -1.29. The van der Waals surface area contributed by atoms with E-state index in [9.17, 15) is 5.11 Å². The summed E-state index contributed by atoms with van der Waals surface area (Å²) >= 11 is 0. The molecule has 11 heavy (non-hydrogen) atoms. The first-order valence-electron chi connectivity index (χ1n) is 3.70. The second kappa shape index (κ2) is 3.82. The minimum absolute atomic E-state index is 0.611. The van der Waals surface area contributed by atoms with Gasteiger partial charge < -0.3 is 10.2 Å². The van der Waals surface area contributed by atoms with E-state index in [-0.39, 0.29) is 0 Å². The molecule has 4 nitrogen and oxygen atoms in total. The molecule has 64 valence electrons. The zero-order valence-corrected chi connectivity index (χ0v) is 6.40. The lowest BCUT2D eigenvalue weighted by molar-refractivity contribution is -0.112. The van der Waals surface area contributed by atoms with E-state index in [4.69, 9.17) is 5.11 Å². The van der Waals surface area contributed by atoms with Crippen molar-refractivity contribution in [2.75, 3.05) is 19.6 Å². The van der Waals surface area contributed by atoms with Crippen molar-refractivity contribution >= 4 is 0 Å². The molecule has 0 aromatic rings. The Labute approximate surface area is 66.1 Å². The molecule has 1 fully saturated rings. The van der Waals surface area contributed by atoms with Crippen LogP contribution in [0, 0.1) is 0 Å². The summed E-state index contributed by atoms with van der Waals surface area (Å²) in [6.45, 7) is 5.61. The number of aliphatic hydroxyl groups excluding tert-OH is 2. The highest BCUT2D eigenvalue weighted by atomic mass is 16.4. The Bertz CT molecular complexity index is 140. The van der Waals surface area contributed by atoms with Crippen LogP contribution in [0.3, 0.4) is 0 Å². The Morgan fingerprint density at radius 2 is 2.36 bits per heavy atom. The number of nitrogens with zero attached hydrogens (tertiary/aromatic N) is 1. The number of nitrogens with one attached hydrogen (secondary N) is 1. The van der Waals surface area contributed by atoms with Crippen molar-refractivity contribution < 1.29 is 10.2 Å². The summed E-state index contributed by atoms with van der Waals surface area (Å²) in [7, 11) is 0. The van der Waals surface area contributed by atoms with E-state index in [1.165, 1.54) is 0 Å². The Balaban J connectivity index is 2.43. The van der Waals surface area contributed by atoms with E-state index in [1.54, 1.807) is 11.0 Å². The maximum Gasteiger partial charge on any atom is 0.147 e. The molecule has 1 aliphatic heterocycles. The lowest BCUT2D eigenvalue weighted by atomic mass is 10.3. The molecule has 0 aromatic carbocycles. The summed E-state index contributed by atoms with van der Waals surface area (Å²) < 4.78 is 0. The summed E-state index contributed by atoms with van der Waals surface area (Å²) in [6, 6.07) is 0. The van der Waals surface area contributed by atoms with Gasteiger partial charge in [0.1, 0.15) is 12.5 Å². The van der Waals surface area contributed by atoms with Crippen LogP contribution in [-0.4, -0.2) is 47.2 Å². The van der Waals surface area contributed by atoms with Gasteiger partial charge in [0.05, 0.1) is 0 Å². The Kier molecular flexibility index (Phi) is 3.02. The fourth-order valence-electron chi connectivity index (χ4n) is 1.16. The molecule has 1 heterocycles. The molecule has 0 radical (unpaired) electrons. The topological polar surface area (TPSA) is 55.7 Å². The van der Waals surface area contributed by atoms with E-state index in [0.717, 1.165) is 6.54 Å². The van der Waals surface area contributed by atoms with Gasteiger partial charge in [-0.3, -0.25) is 10.2 Å². The first-order valence-corrected chi connectivity index (χ1v) is 3.70. The highest BCUT2D eigenvalue weighted by molar-refractivity contribution is 4.81. The number of aliphatic hydroxyl groups is 2. The molecule has 2 atom stereocenters. The van der Waals surface area contributed by atoms with Gasteiger partial charge in [0.15, 0.2) is 0 Å². The maximum atomic E-state index is 9.33. The molecular weight excluding hydrogens is 144 g/mol. The second-order valence-corrected chi connectivity index (χ2v) is 2.60. The van der Waals surface area contributed by atoms with Gasteiger partial charge in [-0.15, -0.1) is 6.58 Å². The van der Waals surface area contributed by atoms with Gasteiger partial charge in [-0.1, -0.05) is 6.08 Å². The molecule has 1 saturated heterocycles. The minimum Gasteiger partial charge on any atom is -0.374 e. The lowest BCUT2D eigenvalue weighted by Gasteiger charge is -2.35. The van der Waals surface area contributed by atoms with Crippen LogP contribution in [-0.2, 0) is 0 Å². The zero-order valence-electron chi connectivity index (χ0n) is 6.40. The van der Waals surface area contributed by atoms with Crippen LogP contribution >= 0.6 is 0 Å². The number of piperazine rings is 1. The number of rotatable bonds is 2. The normalized spacial score (nSPS) is 33.6. The zero-order chi connectivity index (χ0) is 8.27. The van der Waals surface area contributed by atoms with E-state index in [0.29, 0.717) is 13.1 Å². The van der Waals surface area contributed by atoms with Crippen LogP contribution < -0.4 is 5.32 Å². The smallest absolute Gasteiger partial charge is 0.147 e. The quantitative estimate of drug-likeness (QED) is 0.438. The van der Waals surface area contributed by atoms with Crippen molar-refractivity contribution in [2.45, 2.75) is 12.5 Å². The van der Waals surface area contributed by atoms with E-state index in [2.05, 4.69) is 11.9 Å². The van der Waals surface area contributed by atoms with Crippen molar-refractivity contribution in [3.8, 4) is 0 Å². The highest BCUT2D eigenvalue weighted by Crippen LogP contribution is 2.03. The summed E-state index contributed by atoms with van der Waals surface area (Å²) in [5.41, 5.74) is 0. The summed E-state index contributed by atoms with van der Waals surface area (Å²) in [4.78, 5) is 1.76. The fourth-order valence-corrected chi connectivity index (χ4v) is 1.16. The van der Waals surface area contributed by atoms with Crippen molar-refractivity contribution in [2.24, 2.45) is 0 Å². The molecular formula is C7H14N2O2. The van der Waals surface area contributed by atoms with Gasteiger partial charge in [-0.25, -0.2) is 0 Å². The van der Waals surface area contributed by atoms with Gasteiger partial charge in [0, 0.05) is 19.6 Å². The lowest BCUT2D eigenvalue weighted by Crippen LogP contribution is -2.57. The first kappa shape index (κ1) is 8.67. The van der Waals surface area contributed by atoms with Crippen molar-refractivity contribution in [3.05, 3.63) is 12.7 Å². The molecule has 1 aliphatic rings. The molecule has 1 rings (SSSR count). The Morgan fingerprint density at radius 1 is 1.64 bits per heavy atom. The van der Waals surface area contributed by atoms with Crippen LogP contribution in [0.25, 0.3) is 0 Å². The number of hydrogen-bond acceptors (Lipinski definition) is 4. The Hall–Kier alpha value is -0.420. The SMILES string of the molecule is C=CCN1CCNC(O)C1O. The fraction of sp³-hybridized carbons (Fsp3) is 0.714. The maximum absolute atomic E-state index is 9.33. The molecule has 4 heteroatoms. The molecule has 0 aromatic heterocycles. The summed E-state index contributed by atoms with van der Waals surface area (Å²) in [6.07, 6.45) is 0.0757. The predicted molar refractivity (Wildman–Crippen MR) is 41.8 cm³/mol. The van der Waals surface area contributed by atoms with Crippen molar-refractivity contribution in [1.29, 1.82) is 0 Å². The average Bonchev–Trinajstić information content (AvgIpc) is 1.99. The van der Waals surface area contributed by atoms with Crippen LogP contribution in [0.15, 0.2) is 12.7 Å². The Morgan fingerprint density at radius 3 is 3.00 bits per heavy atom. The molecule has 0 saturated carbocycles. The monoisotopic (exact) mass is 158 g/mol. The van der Waals surface area contributed by atoms with Crippen LogP contribution in [0.1, 0.15) is 0 Å². The van der Waals surface area contributed by atoms with Gasteiger partial charge in [0.2, 0.25) is 0 Å². The van der Waals surface area contributed by atoms with Crippen molar-refractivity contribution in [3.63, 3.8) is 0 Å². The standard InChI is InChI=1S/C7H14N2O2/c1-2-4-9-5-3-8-6(10)7(9)11/h2,6-8,10-11H,1,3-5H2. The van der Waals surface area contributed by atoms with Crippen molar-refractivity contribution in [1.82, 2.24) is 10.2 Å². The largest absolute Gasteiger partial charge is 0.374 e. The minimum atomic E-state index is -0.830. The van der Waals surface area contributed by atoms with Crippen LogP contribution in [0.2, 0.25) is 0 Å². The van der Waals surface area contributed by atoms with E-state index >= 15 is 0 Å². The third kappa shape index (κ3) is 2.00.